The van der Waals surface area contributed by atoms with Crippen LogP contribution in [0.25, 0.3) is 0 Å². The van der Waals surface area contributed by atoms with E-state index >= 15 is 0 Å². The summed E-state index contributed by atoms with van der Waals surface area (Å²) in [6.07, 6.45) is -1.19. The van der Waals surface area contributed by atoms with Crippen molar-refractivity contribution in [2.45, 2.75) is 19.1 Å². The summed E-state index contributed by atoms with van der Waals surface area (Å²) in [6, 6.07) is 1.53. The van der Waals surface area contributed by atoms with E-state index in [9.17, 15) is 9.59 Å². The van der Waals surface area contributed by atoms with E-state index in [0.717, 1.165) is 0 Å². The predicted molar refractivity (Wildman–Crippen MR) is 57.0 cm³/mol. The van der Waals surface area contributed by atoms with E-state index in [1.807, 2.05) is 0 Å². The first kappa shape index (κ1) is 12.7. The Labute approximate surface area is 99.4 Å². The summed E-state index contributed by atoms with van der Waals surface area (Å²) in [4.78, 5) is 22.2. The summed E-state index contributed by atoms with van der Waals surface area (Å²) >= 11 is 3.01. The summed E-state index contributed by atoms with van der Waals surface area (Å²) < 4.78 is 5.30. The highest BCUT2D eigenvalue weighted by molar-refractivity contribution is 9.10. The fourth-order valence-electron chi connectivity index (χ4n) is 1.04. The lowest BCUT2D eigenvalue weighted by molar-refractivity contribution is -0.141. The largest absolute Gasteiger partial charge is 0.480 e. The van der Waals surface area contributed by atoms with Crippen molar-refractivity contribution in [2.75, 3.05) is 0 Å². The van der Waals surface area contributed by atoms with Crippen LogP contribution in [0.5, 0.6) is 0 Å². The molecule has 0 aromatic carbocycles. The maximum atomic E-state index is 11.5. The van der Waals surface area contributed by atoms with Crippen LogP contribution < -0.4 is 5.32 Å². The van der Waals surface area contributed by atoms with E-state index in [1.165, 1.54) is 19.1 Å². The van der Waals surface area contributed by atoms with E-state index in [4.69, 9.17) is 14.6 Å². The van der Waals surface area contributed by atoms with Gasteiger partial charge < -0.3 is 19.9 Å². The zero-order chi connectivity index (χ0) is 12.3. The molecule has 0 fully saturated rings. The molecule has 2 unspecified atom stereocenters. The van der Waals surface area contributed by atoms with E-state index in [-0.39, 0.29) is 5.76 Å². The molecule has 88 valence electrons. The van der Waals surface area contributed by atoms with E-state index in [0.29, 0.717) is 4.67 Å². The summed E-state index contributed by atoms with van der Waals surface area (Å²) in [7, 11) is 0. The standard InChI is InChI=1S/C9H10BrNO5/c1-4(12)7(9(14)15)11-8(13)5-2-3-6(10)16-5/h2-4,7,12H,1H3,(H,11,13)(H,14,15). The van der Waals surface area contributed by atoms with Gasteiger partial charge in [-0.1, -0.05) is 0 Å². The number of halogens is 1. The zero-order valence-electron chi connectivity index (χ0n) is 8.31. The summed E-state index contributed by atoms with van der Waals surface area (Å²) in [5.41, 5.74) is 0. The number of carbonyl (C=O) groups is 2. The molecule has 3 N–H and O–H groups in total. The lowest BCUT2D eigenvalue weighted by Crippen LogP contribution is -2.47. The Morgan fingerprint density at radius 1 is 1.50 bits per heavy atom. The third kappa shape index (κ3) is 3.07. The fraction of sp³-hybridized carbons (Fsp3) is 0.333. The first-order chi connectivity index (χ1) is 7.41. The van der Waals surface area contributed by atoms with Crippen molar-refractivity contribution < 1.29 is 24.2 Å². The van der Waals surface area contributed by atoms with Crippen LogP contribution in [-0.4, -0.2) is 34.2 Å². The minimum atomic E-state index is -1.36. The minimum Gasteiger partial charge on any atom is -0.480 e. The first-order valence-corrected chi connectivity index (χ1v) is 5.18. The predicted octanol–water partition coefficient (Wildman–Crippen LogP) is 0.606. The normalized spacial score (nSPS) is 14.2. The fourth-order valence-corrected chi connectivity index (χ4v) is 1.34. The van der Waals surface area contributed by atoms with E-state index < -0.39 is 24.0 Å². The lowest BCUT2D eigenvalue weighted by atomic mass is 10.2. The van der Waals surface area contributed by atoms with Gasteiger partial charge in [-0.05, 0) is 35.0 Å². The molecule has 0 bridgehead atoms. The van der Waals surface area contributed by atoms with Crippen LogP contribution in [0.15, 0.2) is 21.2 Å². The first-order valence-electron chi connectivity index (χ1n) is 4.39. The molecule has 1 heterocycles. The SMILES string of the molecule is CC(O)C(NC(=O)c1ccc(Br)o1)C(=O)O. The molecule has 0 aliphatic carbocycles. The van der Waals surface area contributed by atoms with Crippen molar-refractivity contribution in [1.82, 2.24) is 5.32 Å². The van der Waals surface area contributed by atoms with Gasteiger partial charge in [0.2, 0.25) is 0 Å². The van der Waals surface area contributed by atoms with E-state index in [1.54, 1.807) is 0 Å². The maximum absolute atomic E-state index is 11.5. The zero-order valence-corrected chi connectivity index (χ0v) is 9.89. The van der Waals surface area contributed by atoms with Crippen molar-refractivity contribution in [3.05, 3.63) is 22.6 Å². The van der Waals surface area contributed by atoms with Gasteiger partial charge in [-0.25, -0.2) is 4.79 Å². The molecule has 16 heavy (non-hydrogen) atoms. The highest BCUT2D eigenvalue weighted by Crippen LogP contribution is 2.14. The Balaban J connectivity index is 2.73. The number of hydrogen-bond acceptors (Lipinski definition) is 4. The number of carboxylic acid groups (broad SMARTS) is 1. The minimum absolute atomic E-state index is 0.0289. The number of nitrogens with one attached hydrogen (secondary N) is 1. The van der Waals surface area contributed by atoms with Crippen molar-refractivity contribution in [1.29, 1.82) is 0 Å². The van der Waals surface area contributed by atoms with Crippen molar-refractivity contribution >= 4 is 27.8 Å². The molecule has 0 aliphatic rings. The Morgan fingerprint density at radius 2 is 2.12 bits per heavy atom. The number of carbonyl (C=O) groups excluding carboxylic acids is 1. The highest BCUT2D eigenvalue weighted by Gasteiger charge is 2.26. The lowest BCUT2D eigenvalue weighted by Gasteiger charge is -2.15. The van der Waals surface area contributed by atoms with Gasteiger partial charge in [0.05, 0.1) is 6.10 Å². The van der Waals surface area contributed by atoms with Gasteiger partial charge in [0, 0.05) is 0 Å². The third-order valence-electron chi connectivity index (χ3n) is 1.83. The quantitative estimate of drug-likeness (QED) is 0.755. The van der Waals surface area contributed by atoms with Gasteiger partial charge >= 0.3 is 5.97 Å². The summed E-state index contributed by atoms with van der Waals surface area (Å²) in [6.45, 7) is 1.27. The Hall–Kier alpha value is -1.34. The van der Waals surface area contributed by atoms with Crippen molar-refractivity contribution in [3.8, 4) is 0 Å². The second-order valence-electron chi connectivity index (χ2n) is 3.13. The second-order valence-corrected chi connectivity index (χ2v) is 3.92. The molecule has 1 aromatic rings. The molecule has 1 amide bonds. The van der Waals surface area contributed by atoms with Crippen LogP contribution in [-0.2, 0) is 4.79 Å². The monoisotopic (exact) mass is 291 g/mol. The van der Waals surface area contributed by atoms with Crippen LogP contribution in [0.1, 0.15) is 17.5 Å². The molecule has 0 radical (unpaired) electrons. The molecular formula is C9H10BrNO5. The van der Waals surface area contributed by atoms with Gasteiger partial charge in [-0.2, -0.15) is 0 Å². The van der Waals surface area contributed by atoms with E-state index in [2.05, 4.69) is 21.2 Å². The number of aliphatic carboxylic acids is 1. The number of aliphatic hydroxyl groups is 1. The maximum Gasteiger partial charge on any atom is 0.328 e. The Morgan fingerprint density at radius 3 is 2.50 bits per heavy atom. The molecule has 1 rings (SSSR count). The Kier molecular flexibility index (Phi) is 4.08. The molecule has 0 spiro atoms. The molecule has 7 heteroatoms. The van der Waals surface area contributed by atoms with Gasteiger partial charge in [0.25, 0.3) is 5.91 Å². The number of rotatable bonds is 4. The number of carboxylic acids is 1. The average molecular weight is 292 g/mol. The summed E-state index contributed by atoms with van der Waals surface area (Å²) in [5.74, 6) is -2.04. The highest BCUT2D eigenvalue weighted by atomic mass is 79.9. The molecule has 0 saturated carbocycles. The van der Waals surface area contributed by atoms with Gasteiger partial charge in [-0.3, -0.25) is 4.79 Å². The van der Waals surface area contributed by atoms with Crippen LogP contribution in [0, 0.1) is 0 Å². The number of amides is 1. The summed E-state index contributed by atoms with van der Waals surface area (Å²) in [5, 5.41) is 20.0. The molecule has 1 aromatic heterocycles. The van der Waals surface area contributed by atoms with Crippen LogP contribution in [0.2, 0.25) is 0 Å². The number of aliphatic hydroxyl groups excluding tert-OH is 1. The topological polar surface area (TPSA) is 99.8 Å². The van der Waals surface area contributed by atoms with Gasteiger partial charge in [-0.15, -0.1) is 0 Å². The average Bonchev–Trinajstić information content (AvgIpc) is 2.59. The van der Waals surface area contributed by atoms with Crippen molar-refractivity contribution in [3.63, 3.8) is 0 Å². The van der Waals surface area contributed by atoms with Crippen LogP contribution >= 0.6 is 15.9 Å². The molecule has 2 atom stereocenters. The second kappa shape index (κ2) is 5.13. The Bertz CT molecular complexity index is 400. The van der Waals surface area contributed by atoms with Crippen molar-refractivity contribution in [2.24, 2.45) is 0 Å². The molecule has 0 aliphatic heterocycles. The van der Waals surface area contributed by atoms with Crippen LogP contribution in [0.4, 0.5) is 0 Å². The number of hydrogen-bond donors (Lipinski definition) is 3. The smallest absolute Gasteiger partial charge is 0.328 e. The third-order valence-corrected chi connectivity index (χ3v) is 2.26. The molecular weight excluding hydrogens is 282 g/mol. The van der Waals surface area contributed by atoms with Gasteiger partial charge in [0.15, 0.2) is 16.5 Å². The van der Waals surface area contributed by atoms with Crippen LogP contribution in [0.3, 0.4) is 0 Å². The van der Waals surface area contributed by atoms with Gasteiger partial charge in [0.1, 0.15) is 0 Å². The molecule has 6 nitrogen and oxygen atoms in total. The molecule has 0 saturated heterocycles. The number of furan rings is 1.